The van der Waals surface area contributed by atoms with E-state index in [1.54, 1.807) is 0 Å². The van der Waals surface area contributed by atoms with Crippen molar-refractivity contribution < 1.29 is 9.53 Å². The number of ether oxygens (including phenoxy) is 1. The van der Waals surface area contributed by atoms with Crippen molar-refractivity contribution in [2.75, 3.05) is 6.61 Å². The molecule has 0 unspecified atom stereocenters. The third-order valence-electron chi connectivity index (χ3n) is 3.33. The third kappa shape index (κ3) is 3.16. The smallest absolute Gasteiger partial charge is 0.201 e. The maximum absolute atomic E-state index is 10.8. The average Bonchev–Trinajstić information content (AvgIpc) is 2.73. The number of carbonyl (C=O) groups excluding carboxylic acids is 1. The molecule has 1 aromatic heterocycles. The van der Waals surface area contributed by atoms with E-state index in [1.807, 2.05) is 36.0 Å². The highest BCUT2D eigenvalue weighted by Gasteiger charge is 2.08. The first-order chi connectivity index (χ1) is 9.26. The van der Waals surface area contributed by atoms with Crippen LogP contribution in [0.25, 0.3) is 10.8 Å². The van der Waals surface area contributed by atoms with E-state index in [1.165, 1.54) is 19.3 Å². The Hall–Kier alpha value is -1.77. The van der Waals surface area contributed by atoms with Crippen molar-refractivity contribution in [3.8, 4) is 5.88 Å². The first kappa shape index (κ1) is 13.7. The van der Waals surface area contributed by atoms with Crippen molar-refractivity contribution in [1.82, 2.24) is 4.57 Å². The summed E-state index contributed by atoms with van der Waals surface area (Å²) in [7, 11) is 1.97. The Bertz CT molecular complexity index is 557. The SMILES string of the molecule is CCCCCCOc1c2ccc(C=O)cc2cn1C. The molecule has 3 nitrogen and oxygen atoms in total. The van der Waals surface area contributed by atoms with Gasteiger partial charge in [0, 0.05) is 29.6 Å². The Balaban J connectivity index is 2.09. The van der Waals surface area contributed by atoms with E-state index in [9.17, 15) is 4.79 Å². The molecule has 2 aromatic rings. The van der Waals surface area contributed by atoms with Crippen LogP contribution in [0.2, 0.25) is 0 Å². The molecule has 0 aliphatic heterocycles. The predicted molar refractivity (Wildman–Crippen MR) is 77.9 cm³/mol. The molecule has 0 bridgehead atoms. The Morgan fingerprint density at radius 1 is 1.26 bits per heavy atom. The Morgan fingerprint density at radius 3 is 2.84 bits per heavy atom. The number of hydrogen-bond donors (Lipinski definition) is 0. The number of hydrogen-bond acceptors (Lipinski definition) is 2. The first-order valence-electron chi connectivity index (χ1n) is 6.93. The van der Waals surface area contributed by atoms with Crippen LogP contribution < -0.4 is 4.74 Å². The van der Waals surface area contributed by atoms with Crippen LogP contribution >= 0.6 is 0 Å². The molecule has 0 atom stereocenters. The molecule has 0 spiro atoms. The minimum Gasteiger partial charge on any atom is -0.478 e. The minimum absolute atomic E-state index is 0.701. The average molecular weight is 259 g/mol. The fraction of sp³-hybridized carbons (Fsp3) is 0.438. The molecule has 0 radical (unpaired) electrons. The number of benzene rings is 1. The van der Waals surface area contributed by atoms with Crippen LogP contribution in [0.15, 0.2) is 24.4 Å². The van der Waals surface area contributed by atoms with Crippen LogP contribution in [0.5, 0.6) is 5.88 Å². The van der Waals surface area contributed by atoms with Gasteiger partial charge in [0.05, 0.1) is 6.61 Å². The zero-order chi connectivity index (χ0) is 13.7. The maximum Gasteiger partial charge on any atom is 0.201 e. The standard InChI is InChI=1S/C16H21NO2/c1-3-4-5-6-9-19-16-15-8-7-13(12-18)10-14(15)11-17(16)2/h7-8,10-12H,3-6,9H2,1-2H3. The molecule has 0 aliphatic carbocycles. The van der Waals surface area contributed by atoms with E-state index in [-0.39, 0.29) is 0 Å². The predicted octanol–water partition coefficient (Wildman–Crippen LogP) is 3.95. The molecule has 0 amide bonds. The second kappa shape index (κ2) is 6.41. The topological polar surface area (TPSA) is 31.2 Å². The molecule has 0 saturated carbocycles. The van der Waals surface area contributed by atoms with E-state index < -0.39 is 0 Å². The van der Waals surface area contributed by atoms with Gasteiger partial charge in [0.25, 0.3) is 0 Å². The van der Waals surface area contributed by atoms with Gasteiger partial charge < -0.3 is 9.30 Å². The summed E-state index contributed by atoms with van der Waals surface area (Å²) in [6, 6.07) is 5.69. The maximum atomic E-state index is 10.8. The fourth-order valence-electron chi connectivity index (χ4n) is 2.29. The molecule has 1 aromatic carbocycles. The van der Waals surface area contributed by atoms with Crippen molar-refractivity contribution in [3.05, 3.63) is 30.0 Å². The third-order valence-corrected chi connectivity index (χ3v) is 3.33. The van der Waals surface area contributed by atoms with Crippen LogP contribution in [-0.2, 0) is 7.05 Å². The second-order valence-electron chi connectivity index (χ2n) is 4.92. The highest BCUT2D eigenvalue weighted by atomic mass is 16.5. The van der Waals surface area contributed by atoms with Crippen molar-refractivity contribution in [3.63, 3.8) is 0 Å². The lowest BCUT2D eigenvalue weighted by Gasteiger charge is -2.07. The number of fused-ring (bicyclic) bond motifs is 1. The summed E-state index contributed by atoms with van der Waals surface area (Å²) in [6.07, 6.45) is 7.68. The second-order valence-corrected chi connectivity index (χ2v) is 4.92. The fourth-order valence-corrected chi connectivity index (χ4v) is 2.29. The lowest BCUT2D eigenvalue weighted by Crippen LogP contribution is -2.01. The number of unbranched alkanes of at least 4 members (excludes halogenated alkanes) is 3. The Morgan fingerprint density at radius 2 is 2.11 bits per heavy atom. The zero-order valence-electron chi connectivity index (χ0n) is 11.7. The number of aldehydes is 1. The van der Waals surface area contributed by atoms with Gasteiger partial charge in [-0.05, 0) is 18.6 Å². The first-order valence-corrected chi connectivity index (χ1v) is 6.93. The number of aryl methyl sites for hydroxylation is 1. The highest BCUT2D eigenvalue weighted by Crippen LogP contribution is 2.28. The largest absolute Gasteiger partial charge is 0.478 e. The van der Waals surface area contributed by atoms with E-state index in [0.29, 0.717) is 5.56 Å². The lowest BCUT2D eigenvalue weighted by molar-refractivity contribution is 0.112. The summed E-state index contributed by atoms with van der Waals surface area (Å²) in [5.41, 5.74) is 0.701. The Labute approximate surface area is 114 Å². The van der Waals surface area contributed by atoms with Crippen LogP contribution in [-0.4, -0.2) is 17.5 Å². The summed E-state index contributed by atoms with van der Waals surface area (Å²) in [5, 5.41) is 2.12. The Kier molecular flexibility index (Phi) is 4.61. The number of aromatic nitrogens is 1. The molecule has 19 heavy (non-hydrogen) atoms. The molecule has 0 aliphatic rings. The van der Waals surface area contributed by atoms with Gasteiger partial charge in [0.2, 0.25) is 5.88 Å². The van der Waals surface area contributed by atoms with Crippen LogP contribution in [0.4, 0.5) is 0 Å². The van der Waals surface area contributed by atoms with Gasteiger partial charge in [-0.25, -0.2) is 0 Å². The van der Waals surface area contributed by atoms with Crippen LogP contribution in [0.1, 0.15) is 43.0 Å². The number of nitrogens with zero attached hydrogens (tertiary/aromatic N) is 1. The summed E-state index contributed by atoms with van der Waals surface area (Å²) in [5.74, 6) is 0.893. The van der Waals surface area contributed by atoms with E-state index in [2.05, 4.69) is 6.92 Å². The zero-order valence-corrected chi connectivity index (χ0v) is 11.7. The molecule has 102 valence electrons. The van der Waals surface area contributed by atoms with Gasteiger partial charge in [0.15, 0.2) is 0 Å². The highest BCUT2D eigenvalue weighted by molar-refractivity contribution is 5.92. The normalized spacial score (nSPS) is 10.8. The summed E-state index contributed by atoms with van der Waals surface area (Å²) in [6.45, 7) is 2.96. The molecular formula is C16H21NO2. The van der Waals surface area contributed by atoms with Gasteiger partial charge in [-0.1, -0.05) is 32.3 Å². The van der Waals surface area contributed by atoms with E-state index >= 15 is 0 Å². The van der Waals surface area contributed by atoms with Gasteiger partial charge >= 0.3 is 0 Å². The molecule has 0 N–H and O–H groups in total. The van der Waals surface area contributed by atoms with Gasteiger partial charge in [-0.15, -0.1) is 0 Å². The van der Waals surface area contributed by atoms with E-state index in [4.69, 9.17) is 4.74 Å². The van der Waals surface area contributed by atoms with Crippen molar-refractivity contribution >= 4 is 17.1 Å². The molecule has 2 rings (SSSR count). The monoisotopic (exact) mass is 259 g/mol. The van der Waals surface area contributed by atoms with Crippen molar-refractivity contribution in [1.29, 1.82) is 0 Å². The molecule has 3 heteroatoms. The van der Waals surface area contributed by atoms with Gasteiger partial charge in [-0.2, -0.15) is 0 Å². The molecular weight excluding hydrogens is 238 g/mol. The molecule has 0 saturated heterocycles. The minimum atomic E-state index is 0.701. The summed E-state index contributed by atoms with van der Waals surface area (Å²) in [4.78, 5) is 10.8. The summed E-state index contributed by atoms with van der Waals surface area (Å²) < 4.78 is 7.87. The van der Waals surface area contributed by atoms with Gasteiger partial charge in [0.1, 0.15) is 6.29 Å². The molecule has 0 fully saturated rings. The van der Waals surface area contributed by atoms with E-state index in [0.717, 1.165) is 36.0 Å². The lowest BCUT2D eigenvalue weighted by atomic mass is 10.1. The summed E-state index contributed by atoms with van der Waals surface area (Å²) >= 11 is 0. The van der Waals surface area contributed by atoms with Crippen LogP contribution in [0.3, 0.4) is 0 Å². The van der Waals surface area contributed by atoms with Gasteiger partial charge in [-0.3, -0.25) is 4.79 Å². The molecule has 1 heterocycles. The quantitative estimate of drug-likeness (QED) is 0.557. The number of carbonyl (C=O) groups is 1. The van der Waals surface area contributed by atoms with Crippen LogP contribution in [0, 0.1) is 0 Å². The number of rotatable bonds is 7. The van der Waals surface area contributed by atoms with Crippen molar-refractivity contribution in [2.24, 2.45) is 7.05 Å². The van der Waals surface area contributed by atoms with Crippen molar-refractivity contribution in [2.45, 2.75) is 32.6 Å².